The van der Waals surface area contributed by atoms with Crippen molar-refractivity contribution < 1.29 is 49.7 Å². The molecule has 12 nitrogen and oxygen atoms in total. The summed E-state index contributed by atoms with van der Waals surface area (Å²) in [5.41, 5.74) is 0.923. The van der Waals surface area contributed by atoms with Crippen LogP contribution in [0.5, 0.6) is 0 Å². The average molecular weight is 503 g/mol. The Kier molecular flexibility index (Phi) is 22.0. The molecule has 200 valence electrons. The van der Waals surface area contributed by atoms with E-state index in [0.29, 0.717) is 29.5 Å². The van der Waals surface area contributed by atoms with Crippen molar-refractivity contribution in [3.63, 3.8) is 0 Å². The molecule has 6 N–H and O–H groups in total. The standard InChI is InChI=1S/C9H6N2O2.C6H14O3.C3H8O3.C3H6O.C2H4O/c1-7-8(10-5-12)3-2-4-9(7)11-6-13;1-2-6(3-7,4-8)5-9;4-1-3(6)2-5;1-3-2-4-3;1-2-3-1/h2-4H,1H3;7-9H,2-5H2,1H3;3-6H,1-2H2;3H,2H2,1H3;1-2H2. The van der Waals surface area contributed by atoms with E-state index in [1.807, 2.05) is 6.92 Å². The molecule has 0 amide bonds. The summed E-state index contributed by atoms with van der Waals surface area (Å²) in [6.07, 6.45) is 3.08. The topological polar surface area (TPSA) is 205 Å². The zero-order valence-electron chi connectivity index (χ0n) is 20.5. The second kappa shape index (κ2) is 22.1. The van der Waals surface area contributed by atoms with E-state index in [4.69, 9.17) is 35.4 Å². The summed E-state index contributed by atoms with van der Waals surface area (Å²) in [6.45, 7) is 7.38. The maximum Gasteiger partial charge on any atom is 0.240 e. The summed E-state index contributed by atoms with van der Waals surface area (Å²) in [7, 11) is 0. The first-order chi connectivity index (χ1) is 16.7. The summed E-state index contributed by atoms with van der Waals surface area (Å²) < 4.78 is 9.21. The van der Waals surface area contributed by atoms with Crippen LogP contribution in [0, 0.1) is 12.3 Å². The Morgan fingerprint density at radius 2 is 1.37 bits per heavy atom. The van der Waals surface area contributed by atoms with E-state index in [1.54, 1.807) is 25.1 Å². The molecule has 0 bridgehead atoms. The molecule has 2 saturated heterocycles. The minimum absolute atomic E-state index is 0.156. The highest BCUT2D eigenvalue weighted by molar-refractivity contribution is 5.64. The van der Waals surface area contributed by atoms with Crippen LogP contribution in [0.25, 0.3) is 0 Å². The molecule has 1 aromatic rings. The third-order valence-corrected chi connectivity index (χ3v) is 4.49. The number of benzene rings is 1. The van der Waals surface area contributed by atoms with Crippen LogP contribution < -0.4 is 0 Å². The van der Waals surface area contributed by atoms with Crippen molar-refractivity contribution >= 4 is 23.5 Å². The maximum atomic E-state index is 10.00. The summed E-state index contributed by atoms with van der Waals surface area (Å²) in [4.78, 5) is 26.9. The zero-order chi connectivity index (χ0) is 27.1. The molecular weight excluding hydrogens is 464 g/mol. The summed E-state index contributed by atoms with van der Waals surface area (Å²) >= 11 is 0. The number of ether oxygens (including phenoxy) is 2. The minimum atomic E-state index is -0.954. The molecule has 2 aliphatic rings. The van der Waals surface area contributed by atoms with E-state index in [1.165, 1.54) is 12.2 Å². The van der Waals surface area contributed by atoms with Crippen molar-refractivity contribution in [3.05, 3.63) is 23.8 Å². The number of aliphatic hydroxyl groups is 6. The number of rotatable bonds is 8. The summed E-state index contributed by atoms with van der Waals surface area (Å²) in [6, 6.07) is 4.94. The molecule has 0 aromatic heterocycles. The van der Waals surface area contributed by atoms with Gasteiger partial charge in [0.2, 0.25) is 12.2 Å². The number of aliphatic hydroxyl groups excluding tert-OH is 6. The lowest BCUT2D eigenvalue weighted by molar-refractivity contribution is 0.00304. The van der Waals surface area contributed by atoms with E-state index in [9.17, 15) is 9.59 Å². The lowest BCUT2D eigenvalue weighted by atomic mass is 9.88. The quantitative estimate of drug-likeness (QED) is 0.160. The second-order valence-electron chi connectivity index (χ2n) is 7.43. The molecule has 12 heteroatoms. The fourth-order valence-electron chi connectivity index (χ4n) is 1.59. The number of hydrogen-bond acceptors (Lipinski definition) is 12. The van der Waals surface area contributed by atoms with Crippen molar-refractivity contribution in [3.8, 4) is 0 Å². The normalized spacial score (nSPS) is 14.5. The molecule has 0 aliphatic carbocycles. The Morgan fingerprint density at radius 3 is 1.51 bits per heavy atom. The molecule has 2 heterocycles. The van der Waals surface area contributed by atoms with Crippen LogP contribution in [-0.2, 0) is 19.1 Å². The van der Waals surface area contributed by atoms with Crippen molar-refractivity contribution in [1.29, 1.82) is 0 Å². The molecular formula is C23H38N2O10. The maximum absolute atomic E-state index is 10.00. The molecule has 0 spiro atoms. The molecule has 1 aromatic carbocycles. The molecule has 3 rings (SSSR count). The largest absolute Gasteiger partial charge is 0.396 e. The Bertz CT molecular complexity index is 694. The van der Waals surface area contributed by atoms with Crippen LogP contribution in [0.4, 0.5) is 11.4 Å². The van der Waals surface area contributed by atoms with Crippen molar-refractivity contribution in [2.45, 2.75) is 39.4 Å². The molecule has 2 fully saturated rings. The van der Waals surface area contributed by atoms with Gasteiger partial charge in [-0.25, -0.2) is 9.59 Å². The first kappa shape index (κ1) is 34.8. The van der Waals surface area contributed by atoms with Gasteiger partial charge in [0.25, 0.3) is 0 Å². The monoisotopic (exact) mass is 502 g/mol. The van der Waals surface area contributed by atoms with Crippen molar-refractivity contribution in [1.82, 2.24) is 0 Å². The smallest absolute Gasteiger partial charge is 0.240 e. The number of carbonyl (C=O) groups excluding carboxylic acids is 2. The van der Waals surface area contributed by atoms with Crippen LogP contribution in [0.1, 0.15) is 25.8 Å². The van der Waals surface area contributed by atoms with Gasteiger partial charge >= 0.3 is 0 Å². The third-order valence-electron chi connectivity index (χ3n) is 4.49. The number of epoxide rings is 2. The summed E-state index contributed by atoms with van der Waals surface area (Å²) in [5.74, 6) is 0. The number of isocyanates is 2. The highest BCUT2D eigenvalue weighted by Gasteiger charge is 2.24. The van der Waals surface area contributed by atoms with Crippen molar-refractivity contribution in [2.75, 3.05) is 52.9 Å². The van der Waals surface area contributed by atoms with Gasteiger partial charge < -0.3 is 40.1 Å². The highest BCUT2D eigenvalue weighted by atomic mass is 16.6. The molecule has 2 aliphatic heterocycles. The predicted octanol–water partition coefficient (Wildman–Crippen LogP) is 0.0429. The molecule has 35 heavy (non-hydrogen) atoms. The van der Waals surface area contributed by atoms with Gasteiger partial charge in [0.15, 0.2) is 0 Å². The number of hydrogen-bond donors (Lipinski definition) is 6. The van der Waals surface area contributed by atoms with E-state index in [-0.39, 0.29) is 33.0 Å². The van der Waals surface area contributed by atoms with Crippen LogP contribution in [-0.4, -0.2) is 108 Å². The van der Waals surface area contributed by atoms with Crippen LogP contribution in [0.15, 0.2) is 28.2 Å². The Labute approximate surface area is 205 Å². The predicted molar refractivity (Wildman–Crippen MR) is 127 cm³/mol. The minimum Gasteiger partial charge on any atom is -0.396 e. The molecule has 1 unspecified atom stereocenters. The van der Waals surface area contributed by atoms with E-state index in [0.717, 1.165) is 19.8 Å². The molecule has 1 atom stereocenters. The van der Waals surface area contributed by atoms with Gasteiger partial charge in [-0.05, 0) is 32.4 Å². The lowest BCUT2D eigenvalue weighted by Crippen LogP contribution is -2.32. The first-order valence-corrected chi connectivity index (χ1v) is 10.9. The SMILES string of the molecule is C1CO1.CC1CO1.CCC(CO)(CO)CO.Cc1c(N=C=O)cccc1N=C=O.OCC(O)CO. The summed E-state index contributed by atoms with van der Waals surface area (Å²) in [5, 5.41) is 50.0. The van der Waals surface area contributed by atoms with Gasteiger partial charge in [0.1, 0.15) is 6.10 Å². The van der Waals surface area contributed by atoms with Crippen LogP contribution >= 0.6 is 0 Å². The van der Waals surface area contributed by atoms with Gasteiger partial charge in [-0.3, -0.25) is 0 Å². The first-order valence-electron chi connectivity index (χ1n) is 10.9. The number of nitrogens with zero attached hydrogens (tertiary/aromatic N) is 2. The Balaban J connectivity index is 0. The molecule has 0 radical (unpaired) electrons. The highest BCUT2D eigenvalue weighted by Crippen LogP contribution is 2.26. The molecule has 0 saturated carbocycles. The zero-order valence-corrected chi connectivity index (χ0v) is 20.5. The van der Waals surface area contributed by atoms with Gasteiger partial charge in [0.05, 0.1) is 70.3 Å². The third kappa shape index (κ3) is 19.6. The van der Waals surface area contributed by atoms with Crippen LogP contribution in [0.3, 0.4) is 0 Å². The van der Waals surface area contributed by atoms with E-state index < -0.39 is 11.5 Å². The number of aliphatic imine (C=N–C) groups is 2. The lowest BCUT2D eigenvalue weighted by Gasteiger charge is -2.24. The Hall–Kier alpha value is -2.34. The van der Waals surface area contributed by atoms with Gasteiger partial charge in [-0.15, -0.1) is 0 Å². The van der Waals surface area contributed by atoms with Gasteiger partial charge in [-0.2, -0.15) is 9.98 Å². The van der Waals surface area contributed by atoms with Crippen LogP contribution in [0.2, 0.25) is 0 Å². The van der Waals surface area contributed by atoms with E-state index in [2.05, 4.69) is 21.6 Å². The average Bonchev–Trinajstić information content (AvgIpc) is 3.81. The van der Waals surface area contributed by atoms with Gasteiger partial charge in [-0.1, -0.05) is 13.0 Å². The van der Waals surface area contributed by atoms with Gasteiger partial charge in [0, 0.05) is 11.0 Å². The fraction of sp³-hybridized carbons (Fsp3) is 0.652. The van der Waals surface area contributed by atoms with Crippen molar-refractivity contribution in [2.24, 2.45) is 15.4 Å². The second-order valence-corrected chi connectivity index (χ2v) is 7.43. The van der Waals surface area contributed by atoms with E-state index >= 15 is 0 Å². The Morgan fingerprint density at radius 1 is 1.00 bits per heavy atom. The fourth-order valence-corrected chi connectivity index (χ4v) is 1.59.